The van der Waals surface area contributed by atoms with Crippen molar-refractivity contribution in [1.29, 1.82) is 0 Å². The third kappa shape index (κ3) is 3.61. The first-order chi connectivity index (χ1) is 8.66. The lowest BCUT2D eigenvalue weighted by Gasteiger charge is -2.35. The van der Waals surface area contributed by atoms with Crippen LogP contribution in [0.4, 0.5) is 0 Å². The van der Waals surface area contributed by atoms with E-state index in [0.29, 0.717) is 17.9 Å². The molecule has 1 aliphatic heterocycles. The molecule has 1 aromatic rings. The van der Waals surface area contributed by atoms with Crippen LogP contribution >= 0.6 is 0 Å². The van der Waals surface area contributed by atoms with Gasteiger partial charge < -0.3 is 19.7 Å². The fourth-order valence-corrected chi connectivity index (χ4v) is 2.14. The second kappa shape index (κ2) is 4.69. The van der Waals surface area contributed by atoms with E-state index in [0.717, 1.165) is 5.56 Å². The third-order valence-corrected chi connectivity index (χ3v) is 3.01. The van der Waals surface area contributed by atoms with Gasteiger partial charge in [-0.3, -0.25) is 0 Å². The fraction of sp³-hybridized carbons (Fsp3) is 0.600. The molecule has 2 rings (SSSR count). The second-order valence-corrected chi connectivity index (χ2v) is 6.38. The molecule has 0 spiro atoms. The van der Waals surface area contributed by atoms with E-state index in [4.69, 9.17) is 9.47 Å². The first-order valence-corrected chi connectivity index (χ1v) is 6.52. The molecule has 0 saturated heterocycles. The van der Waals surface area contributed by atoms with E-state index >= 15 is 0 Å². The molecule has 106 valence electrons. The summed E-state index contributed by atoms with van der Waals surface area (Å²) in [6.45, 7) is 7.48. The minimum atomic E-state index is -0.879. The van der Waals surface area contributed by atoms with Gasteiger partial charge in [-0.2, -0.15) is 0 Å². The molecule has 1 aromatic carbocycles. The summed E-state index contributed by atoms with van der Waals surface area (Å²) in [6, 6.07) is 5.37. The number of fused-ring (bicyclic) bond motifs is 1. The van der Waals surface area contributed by atoms with E-state index in [1.807, 2.05) is 19.9 Å². The number of rotatable bonds is 3. The summed E-state index contributed by atoms with van der Waals surface area (Å²) >= 11 is 0. The van der Waals surface area contributed by atoms with Crippen molar-refractivity contribution in [2.24, 2.45) is 0 Å². The first kappa shape index (κ1) is 14.2. The summed E-state index contributed by atoms with van der Waals surface area (Å²) < 4.78 is 11.4. The van der Waals surface area contributed by atoms with Crippen LogP contribution in [0.25, 0.3) is 0 Å². The van der Waals surface area contributed by atoms with E-state index in [9.17, 15) is 10.2 Å². The Kier molecular flexibility index (Phi) is 3.49. The molecule has 0 aliphatic carbocycles. The van der Waals surface area contributed by atoms with Gasteiger partial charge in [0.25, 0.3) is 0 Å². The number of benzene rings is 1. The zero-order valence-electron chi connectivity index (χ0n) is 11.9. The Hall–Kier alpha value is -1.26. The van der Waals surface area contributed by atoms with Gasteiger partial charge in [0.05, 0.1) is 11.7 Å². The van der Waals surface area contributed by atoms with Crippen molar-refractivity contribution >= 4 is 0 Å². The molecule has 2 N–H and O–H groups in total. The Morgan fingerprint density at radius 3 is 2.74 bits per heavy atom. The van der Waals surface area contributed by atoms with Crippen molar-refractivity contribution in [2.45, 2.75) is 51.4 Å². The maximum Gasteiger partial charge on any atom is 0.129 e. The third-order valence-electron chi connectivity index (χ3n) is 3.01. The van der Waals surface area contributed by atoms with Crippen molar-refractivity contribution in [1.82, 2.24) is 0 Å². The van der Waals surface area contributed by atoms with E-state index in [1.165, 1.54) is 0 Å². The van der Waals surface area contributed by atoms with Crippen molar-refractivity contribution in [3.63, 3.8) is 0 Å². The van der Waals surface area contributed by atoms with Crippen LogP contribution in [0.3, 0.4) is 0 Å². The molecular formula is C15H22O4. The highest BCUT2D eigenvalue weighted by Crippen LogP contribution is 2.41. The van der Waals surface area contributed by atoms with Crippen molar-refractivity contribution in [2.75, 3.05) is 6.61 Å². The molecule has 1 unspecified atom stereocenters. The molecule has 0 amide bonds. The second-order valence-electron chi connectivity index (χ2n) is 6.38. The fourth-order valence-electron chi connectivity index (χ4n) is 2.14. The van der Waals surface area contributed by atoms with Crippen LogP contribution in [0.1, 0.15) is 45.8 Å². The molecule has 0 radical (unpaired) electrons. The molecular weight excluding hydrogens is 244 g/mol. The van der Waals surface area contributed by atoms with Crippen molar-refractivity contribution < 1.29 is 19.7 Å². The summed E-state index contributed by atoms with van der Waals surface area (Å²) in [5, 5.41) is 19.7. The zero-order chi connectivity index (χ0) is 14.3. The van der Waals surface area contributed by atoms with Gasteiger partial charge >= 0.3 is 0 Å². The van der Waals surface area contributed by atoms with Crippen LogP contribution in [-0.4, -0.2) is 28.0 Å². The molecule has 1 aliphatic rings. The smallest absolute Gasteiger partial charge is 0.129 e. The minimum absolute atomic E-state index is 0.206. The summed E-state index contributed by atoms with van der Waals surface area (Å²) in [5.41, 5.74) is -0.480. The molecule has 19 heavy (non-hydrogen) atoms. The Bertz CT molecular complexity index is 460. The van der Waals surface area contributed by atoms with Crippen molar-refractivity contribution in [3.05, 3.63) is 23.8 Å². The van der Waals surface area contributed by atoms with Gasteiger partial charge in [0.1, 0.15) is 23.7 Å². The minimum Gasteiger partial charge on any atom is -0.490 e. The van der Waals surface area contributed by atoms with Gasteiger partial charge in [0, 0.05) is 18.1 Å². The van der Waals surface area contributed by atoms with Crippen LogP contribution < -0.4 is 9.47 Å². The van der Waals surface area contributed by atoms with Crippen LogP contribution in [0.2, 0.25) is 0 Å². The normalized spacial score (nSPS) is 21.5. The van der Waals surface area contributed by atoms with Gasteiger partial charge in [-0.25, -0.2) is 0 Å². The van der Waals surface area contributed by atoms with Gasteiger partial charge in [-0.15, -0.1) is 0 Å². The molecule has 0 bridgehead atoms. The average molecular weight is 266 g/mol. The predicted octanol–water partition coefficient (Wildman–Crippen LogP) is 2.43. The predicted molar refractivity (Wildman–Crippen MR) is 72.5 cm³/mol. The van der Waals surface area contributed by atoms with E-state index in [2.05, 4.69) is 0 Å². The summed E-state index contributed by atoms with van der Waals surface area (Å²) in [5.74, 6) is 1.28. The van der Waals surface area contributed by atoms with E-state index in [1.54, 1.807) is 26.0 Å². The Labute approximate surface area is 114 Å². The topological polar surface area (TPSA) is 58.9 Å². The Morgan fingerprint density at radius 2 is 2.11 bits per heavy atom. The van der Waals surface area contributed by atoms with Crippen molar-refractivity contribution in [3.8, 4) is 11.5 Å². The number of hydrogen-bond donors (Lipinski definition) is 2. The highest BCUT2D eigenvalue weighted by molar-refractivity contribution is 5.43. The summed E-state index contributed by atoms with van der Waals surface area (Å²) in [7, 11) is 0. The molecule has 4 nitrogen and oxygen atoms in total. The van der Waals surface area contributed by atoms with Gasteiger partial charge in [-0.05, 0) is 39.8 Å². The number of aliphatic hydroxyl groups excluding tert-OH is 1. The zero-order valence-corrected chi connectivity index (χ0v) is 11.9. The van der Waals surface area contributed by atoms with Crippen LogP contribution in [0, 0.1) is 0 Å². The number of aliphatic hydroxyl groups is 2. The quantitative estimate of drug-likeness (QED) is 0.882. The molecule has 0 fully saturated rings. The molecule has 0 saturated carbocycles. The Balaban J connectivity index is 2.19. The standard InChI is InChI=1S/C15H22O4/c1-14(2,17)9-18-10-5-6-11-12(16)8-15(3,4)19-13(11)7-10/h5-7,12,16-17H,8-9H2,1-4H3. The van der Waals surface area contributed by atoms with Gasteiger partial charge in [0.15, 0.2) is 0 Å². The molecule has 1 heterocycles. The largest absolute Gasteiger partial charge is 0.490 e. The number of hydrogen-bond acceptors (Lipinski definition) is 4. The summed E-state index contributed by atoms with van der Waals surface area (Å²) in [6.07, 6.45) is 0.0613. The maximum absolute atomic E-state index is 10.1. The molecule has 1 atom stereocenters. The van der Waals surface area contributed by atoms with E-state index in [-0.39, 0.29) is 12.2 Å². The highest BCUT2D eigenvalue weighted by atomic mass is 16.5. The van der Waals surface area contributed by atoms with E-state index < -0.39 is 11.7 Å². The maximum atomic E-state index is 10.1. The molecule has 0 aromatic heterocycles. The average Bonchev–Trinajstić information content (AvgIpc) is 2.23. The summed E-state index contributed by atoms with van der Waals surface area (Å²) in [4.78, 5) is 0. The molecule has 4 heteroatoms. The first-order valence-electron chi connectivity index (χ1n) is 6.52. The van der Waals surface area contributed by atoms with Crippen LogP contribution in [0.5, 0.6) is 11.5 Å². The lowest BCUT2D eigenvalue weighted by Crippen LogP contribution is -2.34. The highest BCUT2D eigenvalue weighted by Gasteiger charge is 2.32. The lowest BCUT2D eigenvalue weighted by molar-refractivity contribution is 0.00998. The Morgan fingerprint density at radius 1 is 1.42 bits per heavy atom. The van der Waals surface area contributed by atoms with Gasteiger partial charge in [0.2, 0.25) is 0 Å². The SMILES string of the molecule is CC(C)(O)COc1ccc2c(c1)OC(C)(C)CC2O. The lowest BCUT2D eigenvalue weighted by atomic mass is 9.92. The van der Waals surface area contributed by atoms with Crippen LogP contribution in [-0.2, 0) is 0 Å². The van der Waals surface area contributed by atoms with Crippen LogP contribution in [0.15, 0.2) is 18.2 Å². The monoisotopic (exact) mass is 266 g/mol. The number of ether oxygens (including phenoxy) is 2. The van der Waals surface area contributed by atoms with Gasteiger partial charge in [-0.1, -0.05) is 0 Å².